The molecule has 96 valence electrons. The van der Waals surface area contributed by atoms with Gasteiger partial charge in [0, 0.05) is 0 Å². The number of carbonyl (C=O) groups is 2. The maximum Gasteiger partial charge on any atom is 0.324 e. The van der Waals surface area contributed by atoms with E-state index in [1.54, 1.807) is 0 Å². The highest BCUT2D eigenvalue weighted by Crippen LogP contribution is 2.30. The van der Waals surface area contributed by atoms with Crippen LogP contribution in [0.2, 0.25) is 0 Å². The maximum absolute atomic E-state index is 11.5. The van der Waals surface area contributed by atoms with E-state index in [1.165, 1.54) is 0 Å². The molecule has 0 aromatic carbocycles. The van der Waals surface area contributed by atoms with Gasteiger partial charge in [0.25, 0.3) is 11.6 Å². The highest BCUT2D eigenvalue weighted by molar-refractivity contribution is 6.06. The molecule has 2 unspecified atom stereocenters. The third-order valence-electron chi connectivity index (χ3n) is 2.85. The molecule has 2 heterocycles. The minimum atomic E-state index is -2.18. The standard InChI is InChI=1S/C8H12N2O7/c11-1-2-3(12)4(13)5(14)8(17-2)6(15)9-7(16)10-8/h2-5,11-14H,1H2,(H2,9,10,15,16)/t2?,3-,4+,5?,8-/m1/s1. The largest absolute Gasteiger partial charge is 0.394 e. The molecule has 6 N–H and O–H groups in total. The predicted octanol–water partition coefficient (Wildman–Crippen LogP) is -4.00. The molecular weight excluding hydrogens is 236 g/mol. The molecule has 2 saturated heterocycles. The van der Waals surface area contributed by atoms with Crippen molar-refractivity contribution in [2.24, 2.45) is 0 Å². The number of nitrogens with one attached hydrogen (secondary N) is 2. The van der Waals surface area contributed by atoms with Crippen LogP contribution in [0.3, 0.4) is 0 Å². The van der Waals surface area contributed by atoms with Crippen molar-refractivity contribution in [2.45, 2.75) is 30.1 Å². The van der Waals surface area contributed by atoms with E-state index in [0.29, 0.717) is 0 Å². The molecule has 0 aromatic heterocycles. The molecule has 2 rings (SSSR count). The van der Waals surface area contributed by atoms with Crippen molar-refractivity contribution < 1.29 is 34.8 Å². The zero-order chi connectivity index (χ0) is 12.8. The molecule has 0 aliphatic carbocycles. The number of imide groups is 1. The number of rotatable bonds is 1. The Morgan fingerprint density at radius 1 is 1.24 bits per heavy atom. The Hall–Kier alpha value is -1.26. The minimum Gasteiger partial charge on any atom is -0.394 e. The number of amides is 3. The smallest absolute Gasteiger partial charge is 0.324 e. The molecule has 3 amide bonds. The van der Waals surface area contributed by atoms with E-state index in [2.05, 4.69) is 0 Å². The number of hydrogen-bond acceptors (Lipinski definition) is 7. The molecule has 17 heavy (non-hydrogen) atoms. The van der Waals surface area contributed by atoms with Gasteiger partial charge in [-0.2, -0.15) is 0 Å². The van der Waals surface area contributed by atoms with Crippen LogP contribution in [0.4, 0.5) is 4.79 Å². The van der Waals surface area contributed by atoms with Crippen LogP contribution in [-0.4, -0.2) is 69.1 Å². The molecule has 0 bridgehead atoms. The molecular formula is C8H12N2O7. The second-order valence-corrected chi connectivity index (χ2v) is 3.91. The quantitative estimate of drug-likeness (QED) is 0.259. The summed E-state index contributed by atoms with van der Waals surface area (Å²) in [7, 11) is 0. The summed E-state index contributed by atoms with van der Waals surface area (Å²) < 4.78 is 5.01. The molecule has 1 spiro atoms. The fraction of sp³-hybridized carbons (Fsp3) is 0.750. The van der Waals surface area contributed by atoms with Crippen molar-refractivity contribution in [1.29, 1.82) is 0 Å². The zero-order valence-corrected chi connectivity index (χ0v) is 8.53. The van der Waals surface area contributed by atoms with Crippen molar-refractivity contribution in [1.82, 2.24) is 10.6 Å². The average Bonchev–Trinajstić information content (AvgIpc) is 2.57. The van der Waals surface area contributed by atoms with Crippen LogP contribution in [0.5, 0.6) is 0 Å². The number of aliphatic hydroxyl groups excluding tert-OH is 4. The number of ether oxygens (including phenoxy) is 1. The second kappa shape index (κ2) is 3.89. The summed E-state index contributed by atoms with van der Waals surface area (Å²) in [5, 5.41) is 41.5. The Morgan fingerprint density at radius 3 is 2.35 bits per heavy atom. The van der Waals surface area contributed by atoms with Gasteiger partial charge < -0.3 is 25.2 Å². The van der Waals surface area contributed by atoms with Gasteiger partial charge in [-0.25, -0.2) is 4.79 Å². The maximum atomic E-state index is 11.5. The molecule has 2 aliphatic rings. The topological polar surface area (TPSA) is 148 Å². The summed E-state index contributed by atoms with van der Waals surface area (Å²) in [6.07, 6.45) is -6.43. The molecule has 0 aromatic rings. The van der Waals surface area contributed by atoms with E-state index in [1.807, 2.05) is 10.6 Å². The molecule has 9 nitrogen and oxygen atoms in total. The predicted molar refractivity (Wildman–Crippen MR) is 49.4 cm³/mol. The number of urea groups is 1. The van der Waals surface area contributed by atoms with E-state index < -0.39 is 48.7 Å². The van der Waals surface area contributed by atoms with Gasteiger partial charge in [-0.05, 0) is 0 Å². The highest BCUT2D eigenvalue weighted by Gasteiger charge is 2.61. The fourth-order valence-electron chi connectivity index (χ4n) is 1.91. The van der Waals surface area contributed by atoms with Gasteiger partial charge in [0.05, 0.1) is 6.61 Å². The molecule has 2 fully saturated rings. The first-order valence-electron chi connectivity index (χ1n) is 4.89. The first-order chi connectivity index (χ1) is 7.92. The average molecular weight is 248 g/mol. The van der Waals surface area contributed by atoms with Gasteiger partial charge in [-0.15, -0.1) is 0 Å². The summed E-state index contributed by atoms with van der Waals surface area (Å²) in [5.41, 5.74) is -2.18. The number of carbonyl (C=O) groups excluding carboxylic acids is 2. The lowest BCUT2D eigenvalue weighted by Crippen LogP contribution is -2.71. The lowest BCUT2D eigenvalue weighted by Gasteiger charge is -2.44. The molecule has 9 heteroatoms. The monoisotopic (exact) mass is 248 g/mol. The molecule has 2 aliphatic heterocycles. The number of aliphatic hydroxyl groups is 4. The fourth-order valence-corrected chi connectivity index (χ4v) is 1.91. The lowest BCUT2D eigenvalue weighted by atomic mass is 9.90. The van der Waals surface area contributed by atoms with Crippen LogP contribution in [0.25, 0.3) is 0 Å². The molecule has 5 atom stereocenters. The Labute approximate surface area is 95.0 Å². The number of hydrogen-bond donors (Lipinski definition) is 6. The Bertz CT molecular complexity index is 360. The first kappa shape index (κ1) is 12.2. The Morgan fingerprint density at radius 2 is 1.88 bits per heavy atom. The highest BCUT2D eigenvalue weighted by atomic mass is 16.6. The third-order valence-corrected chi connectivity index (χ3v) is 2.85. The van der Waals surface area contributed by atoms with Crippen molar-refractivity contribution >= 4 is 11.9 Å². The molecule has 0 radical (unpaired) electrons. The van der Waals surface area contributed by atoms with E-state index in [0.717, 1.165) is 0 Å². The SMILES string of the molecule is O=C1NC(=O)[C@]2(N1)OC(CO)[C@@H](O)[C@H](O)C2O. The van der Waals surface area contributed by atoms with Crippen LogP contribution < -0.4 is 10.6 Å². The minimum absolute atomic E-state index is 0.685. The van der Waals surface area contributed by atoms with Gasteiger partial charge in [0.15, 0.2) is 0 Å². The van der Waals surface area contributed by atoms with Crippen molar-refractivity contribution in [2.75, 3.05) is 6.61 Å². The van der Waals surface area contributed by atoms with Crippen molar-refractivity contribution in [3.63, 3.8) is 0 Å². The van der Waals surface area contributed by atoms with E-state index >= 15 is 0 Å². The van der Waals surface area contributed by atoms with Crippen LogP contribution >= 0.6 is 0 Å². The van der Waals surface area contributed by atoms with Crippen LogP contribution in [-0.2, 0) is 9.53 Å². The van der Waals surface area contributed by atoms with Gasteiger partial charge in [-0.3, -0.25) is 15.4 Å². The Balaban J connectivity index is 2.34. The van der Waals surface area contributed by atoms with Crippen LogP contribution in [0, 0.1) is 0 Å². The van der Waals surface area contributed by atoms with E-state index in [9.17, 15) is 24.9 Å². The van der Waals surface area contributed by atoms with Gasteiger partial charge >= 0.3 is 6.03 Å². The summed E-state index contributed by atoms with van der Waals surface area (Å²) in [6.45, 7) is -0.685. The second-order valence-electron chi connectivity index (χ2n) is 3.91. The van der Waals surface area contributed by atoms with E-state index in [-0.39, 0.29) is 0 Å². The van der Waals surface area contributed by atoms with Crippen molar-refractivity contribution in [3.05, 3.63) is 0 Å². The lowest BCUT2D eigenvalue weighted by molar-refractivity contribution is -0.267. The first-order valence-corrected chi connectivity index (χ1v) is 4.89. The summed E-state index contributed by atoms with van der Waals surface area (Å²) in [6, 6.07) is -0.894. The summed E-state index contributed by atoms with van der Waals surface area (Å²) in [4.78, 5) is 22.5. The van der Waals surface area contributed by atoms with E-state index in [4.69, 9.17) is 9.84 Å². The Kier molecular flexibility index (Phi) is 2.79. The van der Waals surface area contributed by atoms with Gasteiger partial charge in [0.2, 0.25) is 0 Å². The third kappa shape index (κ3) is 1.59. The summed E-state index contributed by atoms with van der Waals surface area (Å²) in [5.74, 6) is -0.987. The van der Waals surface area contributed by atoms with Crippen molar-refractivity contribution in [3.8, 4) is 0 Å². The molecule has 0 saturated carbocycles. The normalized spacial score (nSPS) is 45.9. The van der Waals surface area contributed by atoms with Gasteiger partial charge in [0.1, 0.15) is 24.4 Å². The van der Waals surface area contributed by atoms with Crippen LogP contribution in [0.1, 0.15) is 0 Å². The van der Waals surface area contributed by atoms with Crippen LogP contribution in [0.15, 0.2) is 0 Å². The zero-order valence-electron chi connectivity index (χ0n) is 8.53. The summed E-state index contributed by atoms with van der Waals surface area (Å²) >= 11 is 0. The van der Waals surface area contributed by atoms with Gasteiger partial charge in [-0.1, -0.05) is 0 Å².